The van der Waals surface area contributed by atoms with Crippen LogP contribution >= 0.6 is 0 Å². The molecule has 0 saturated heterocycles. The molecule has 4 aliphatic rings. The third-order valence-electron chi connectivity index (χ3n) is 26.4. The molecular formula is C132H115Ir4N9Se4Si-8. The number of fused-ring (bicyclic) bond motifs is 8. The maximum Gasteiger partial charge on any atom is 0.0192 e. The molecule has 0 bridgehead atoms. The summed E-state index contributed by atoms with van der Waals surface area (Å²) in [4.78, 5) is 37.9. The second kappa shape index (κ2) is 54.2. The van der Waals surface area contributed by atoms with Gasteiger partial charge in [-0.25, -0.2) is 0 Å². The van der Waals surface area contributed by atoms with Crippen LogP contribution in [-0.2, 0) is 91.3 Å². The number of benzene rings is 12. The molecule has 9 nitrogen and oxygen atoms in total. The summed E-state index contributed by atoms with van der Waals surface area (Å²) >= 11 is 1.37. The van der Waals surface area contributed by atoms with E-state index in [1.807, 2.05) is 183 Å². The van der Waals surface area contributed by atoms with Crippen LogP contribution in [0.3, 0.4) is 0 Å². The fourth-order valence-electron chi connectivity index (χ4n) is 18.6. The van der Waals surface area contributed by atoms with Gasteiger partial charge in [0.15, 0.2) is 0 Å². The van der Waals surface area contributed by atoms with Gasteiger partial charge in [-0.1, -0.05) is 75.7 Å². The van der Waals surface area contributed by atoms with E-state index < -0.39 is 14.9 Å². The van der Waals surface area contributed by atoms with Gasteiger partial charge in [0.2, 0.25) is 0 Å². The minimum absolute atomic E-state index is 0. The molecule has 0 unspecified atom stereocenters. The summed E-state index contributed by atoms with van der Waals surface area (Å²) in [5.74, 6) is 0. The Morgan fingerprint density at radius 2 is 0.747 bits per heavy atom. The average Bonchev–Trinajstić information content (AvgIpc) is 0.724. The van der Waals surface area contributed by atoms with E-state index in [1.165, 1.54) is 115 Å². The van der Waals surface area contributed by atoms with Crippen molar-refractivity contribution in [2.24, 2.45) is 0 Å². The second-order valence-corrected chi connectivity index (χ2v) is 51.0. The fraction of sp³-hybridized carbons (Fsp3) is 0.152. The van der Waals surface area contributed by atoms with Crippen LogP contribution in [0.2, 0.25) is 13.1 Å². The molecule has 0 amide bonds. The molecule has 20 aromatic rings. The summed E-state index contributed by atoms with van der Waals surface area (Å²) in [7, 11) is -1.71. The third-order valence-corrected chi connectivity index (χ3v) is 40.2. The molecule has 8 aromatic heterocycles. The molecule has 0 N–H and O–H groups in total. The first-order valence-electron chi connectivity index (χ1n) is 50.6. The summed E-state index contributed by atoms with van der Waals surface area (Å²) < 4.78 is 33.6. The van der Waals surface area contributed by atoms with Crippen LogP contribution in [0.15, 0.2) is 401 Å². The number of nitrogens with zero attached hydrogens (tertiary/aromatic N) is 9. The summed E-state index contributed by atoms with van der Waals surface area (Å²) in [6.07, 6.45) is 16.9. The van der Waals surface area contributed by atoms with Crippen LogP contribution in [0, 0.1) is 90.0 Å². The van der Waals surface area contributed by atoms with Crippen molar-refractivity contribution in [2.75, 3.05) is 4.90 Å². The summed E-state index contributed by atoms with van der Waals surface area (Å²) in [6.45, 7) is 29.4. The van der Waals surface area contributed by atoms with Gasteiger partial charge < -0.3 is 19.9 Å². The number of aryl methyl sites for hydroxylation is 5. The van der Waals surface area contributed by atoms with Crippen molar-refractivity contribution >= 4 is 125 Å². The first kappa shape index (κ1) is 111. The van der Waals surface area contributed by atoms with Gasteiger partial charge in [0, 0.05) is 109 Å². The smallest absolute Gasteiger partial charge is 0.0192 e. The average molecular weight is 2940 g/mol. The number of anilines is 2. The Balaban J connectivity index is 0.000000146. The monoisotopic (exact) mass is 2950 g/mol. The number of pyridine rings is 8. The second-order valence-electron chi connectivity index (χ2n) is 37.6. The molecule has 12 aromatic carbocycles. The normalized spacial score (nSPS) is 12.9. The zero-order chi connectivity index (χ0) is 104. The molecule has 760 valence electrons. The van der Waals surface area contributed by atoms with Crippen molar-refractivity contribution < 1.29 is 84.5 Å². The maximum absolute atomic E-state index is 7.25. The van der Waals surface area contributed by atoms with Crippen LogP contribution in [0.5, 0.6) is 0 Å². The van der Waals surface area contributed by atoms with E-state index in [1.54, 1.807) is 34.2 Å². The summed E-state index contributed by atoms with van der Waals surface area (Å²) in [6, 6.07) is 146. The molecule has 150 heavy (non-hydrogen) atoms. The largest absolute Gasteiger partial charge is 0.305 e. The van der Waals surface area contributed by atoms with Crippen LogP contribution in [0.4, 0.5) is 11.4 Å². The van der Waals surface area contributed by atoms with Gasteiger partial charge in [0.25, 0.3) is 0 Å². The first-order chi connectivity index (χ1) is 72.2. The van der Waals surface area contributed by atoms with Crippen LogP contribution in [0.25, 0.3) is 90.1 Å². The number of hydrogen-bond donors (Lipinski definition) is 0. The van der Waals surface area contributed by atoms with Crippen molar-refractivity contribution in [1.82, 2.24) is 39.9 Å². The van der Waals surface area contributed by atoms with Gasteiger partial charge in [0.1, 0.15) is 0 Å². The molecule has 24 rings (SSSR count). The van der Waals surface area contributed by atoms with Gasteiger partial charge in [-0.15, -0.1) is 142 Å². The molecule has 0 fully saturated rings. The molecule has 0 spiro atoms. The van der Waals surface area contributed by atoms with E-state index in [2.05, 4.69) is 378 Å². The van der Waals surface area contributed by atoms with Crippen LogP contribution in [-0.4, -0.2) is 113 Å². The van der Waals surface area contributed by atoms with E-state index in [9.17, 15) is 0 Å². The predicted molar refractivity (Wildman–Crippen MR) is 614 cm³/mol. The van der Waals surface area contributed by atoms with Crippen LogP contribution in [0.1, 0.15) is 121 Å². The summed E-state index contributed by atoms with van der Waals surface area (Å²) in [5.41, 5.74) is 31.5. The van der Waals surface area contributed by atoms with E-state index >= 15 is 0 Å². The van der Waals surface area contributed by atoms with Crippen LogP contribution < -0.4 is 51.0 Å². The molecule has 0 atom stereocenters. The third kappa shape index (κ3) is 27.2. The van der Waals surface area contributed by atoms with Crippen molar-refractivity contribution in [1.29, 1.82) is 0 Å². The van der Waals surface area contributed by atoms with Gasteiger partial charge in [-0.2, -0.15) is 0 Å². The minimum Gasteiger partial charge on any atom is -0.305 e. The number of aromatic nitrogens is 8. The van der Waals surface area contributed by atoms with Crippen molar-refractivity contribution in [3.05, 3.63) is 506 Å². The molecule has 12 heterocycles. The maximum atomic E-state index is 7.25. The van der Waals surface area contributed by atoms with Gasteiger partial charge in [0.05, 0.1) is 0 Å². The zero-order valence-corrected chi connectivity index (χ0v) is 103. The molecular weight excluding hydrogens is 2820 g/mol. The topological polar surface area (TPSA) is 106 Å². The Morgan fingerprint density at radius 1 is 0.340 bits per heavy atom. The number of rotatable bonds is 10. The van der Waals surface area contributed by atoms with E-state index in [-0.39, 0.29) is 96.8 Å². The molecule has 0 aliphatic carbocycles. The van der Waals surface area contributed by atoms with Gasteiger partial charge in [-0.05, 0) is 60.4 Å². The Bertz CT molecular complexity index is 7730. The Morgan fingerprint density at radius 3 is 1.23 bits per heavy atom. The quantitative estimate of drug-likeness (QED) is 0.0977. The first-order valence-corrected chi connectivity index (χ1v) is 58.9. The van der Waals surface area contributed by atoms with Gasteiger partial charge in [-0.3, -0.25) is 0 Å². The zero-order valence-electron chi connectivity index (χ0n) is 89.0. The Labute approximate surface area is 972 Å². The summed E-state index contributed by atoms with van der Waals surface area (Å²) in [5, 5.41) is 3.12. The Kier molecular flexibility index (Phi) is 40.2. The number of para-hydroxylation sites is 1. The molecule has 4 aliphatic heterocycles. The van der Waals surface area contributed by atoms with Crippen molar-refractivity contribution in [2.45, 2.75) is 132 Å². The molecule has 4 radical (unpaired) electrons. The fourth-order valence-corrected chi connectivity index (χ4v) is 35.2. The van der Waals surface area contributed by atoms with E-state index in [4.69, 9.17) is 4.11 Å². The minimum atomic E-state index is -2.07. The molecule has 0 saturated carbocycles. The standard InChI is InChI=1S/C22H20NSe.C21H19N2Se.C20H16NSe.C19H16NSeSi.C14H14N.C13H12N.C12H10N.C11H8N.4Ir/c1-3-22(4-2)17-11-5-6-13-19(17)24-20-14-9-10-16(21(20)22)18-12-7-8-15-23-18;1-21(2,3)23-17-11-4-5-12-18(17)24-19-13-8-9-15(20(19)23)16-10-6-7-14-22-16;1-20(2)15-9-3-4-11-17(15)22-18-12-7-8-14(19(18)20)16-10-5-6-13-21-16;1-22(2)18-12-4-3-10-16(18)21-17-11-7-8-14(19(17)22)15-9-5-6-13-20-15;1-10-8-13(9-11(2)12(10)3)14-6-4-5-7-15-14;1-10-8-13(14-9-11(10)2)12-6-4-3-5-7-12;1-10-5-7-11(8-6-10)12-4-2-3-9-13-12;1-2-6-10(7-3-1)11-8-4-5-9-12-11;;;;/h5-9,11-15H,3-4H2,1-2H3;4-8,10-14H,1-3H3;2*3-7,9-13H,1-2H3;4-8H,1-3H3;3-6,8-9H,1-2H3;2-7,9H,1H3;1-6,8-9H;;;;/q8*-1;;;;/i;;;;;;1D3;;;;;. The van der Waals surface area contributed by atoms with Crippen molar-refractivity contribution in [3.8, 4) is 90.1 Å². The predicted octanol–water partition coefficient (Wildman–Crippen LogP) is 23.3. The number of hydrogen-bond acceptors (Lipinski definition) is 9. The Hall–Kier alpha value is -11.5. The van der Waals surface area contributed by atoms with Crippen molar-refractivity contribution in [3.63, 3.8) is 0 Å². The molecule has 18 heteroatoms. The van der Waals surface area contributed by atoms with E-state index in [0.717, 1.165) is 91.8 Å². The SMILES string of the molecule is CC(C)(C)N1c2ccccc2[Se]c2cc[c-]c(-c3ccccn3)c21.CC1(C)c2ccccc2[Se]c2cc[c-]c(-c3ccccn3)c21.CCC1(CC)c2ccccc2[Se]c2cc[c-]c(-c3ccccn3)c21.C[Si]1(C)c2ccccc2[Se]c2cc[c-]c(-c3ccccn3)c21.Cc1[c-]c(-c2ccccn2)cc(C)c1C.Cc1cnc(-c2[c-]cccc2)cc1C.[2H]C([2H])([2H])c1c[c-]c(-c2ccccn2)cc1.[Ir].[Ir].[Ir].[Ir].[c-]1ccccc1-c1ccccn1. The van der Waals surface area contributed by atoms with E-state index in [0.29, 0.717) is 65.4 Å². The van der Waals surface area contributed by atoms with Gasteiger partial charge >= 0.3 is 576 Å².